The van der Waals surface area contributed by atoms with Crippen LogP contribution in [0.1, 0.15) is 61.5 Å². The lowest BCUT2D eigenvalue weighted by molar-refractivity contribution is -0.143. The van der Waals surface area contributed by atoms with Crippen LogP contribution >= 0.6 is 0 Å². The largest absolute Gasteiger partial charge is 0.481 e. The number of aromatic nitrogens is 3. The average molecular weight is 685 g/mol. The molecule has 2 aromatic heterocycles. The first-order valence-corrected chi connectivity index (χ1v) is 14.9. The number of methoxy groups -OCH3 is 1. The highest BCUT2D eigenvalue weighted by Gasteiger charge is 2.42. The molecule has 3 heterocycles. The Bertz CT molecular complexity index is 1590. The number of amides is 1. The van der Waals surface area contributed by atoms with E-state index in [-0.39, 0.29) is 61.0 Å². The molecule has 0 spiro atoms. The van der Waals surface area contributed by atoms with Gasteiger partial charge in [-0.05, 0) is 55.7 Å². The van der Waals surface area contributed by atoms with Crippen LogP contribution in [0.25, 0.3) is 0 Å². The van der Waals surface area contributed by atoms with Gasteiger partial charge in [0.2, 0.25) is 11.8 Å². The fourth-order valence-electron chi connectivity index (χ4n) is 5.44. The molecule has 1 N–H and O–H groups in total. The summed E-state index contributed by atoms with van der Waals surface area (Å²) in [5.41, 5.74) is -2.78. The van der Waals surface area contributed by atoms with Crippen molar-refractivity contribution in [2.45, 2.75) is 64.1 Å². The minimum Gasteiger partial charge on any atom is -0.481 e. The fourth-order valence-corrected chi connectivity index (χ4v) is 5.44. The molecule has 4 rings (SSSR count). The summed E-state index contributed by atoms with van der Waals surface area (Å²) in [5, 5.41) is 9.14. The molecule has 1 aromatic carbocycles. The highest BCUT2D eigenvalue weighted by molar-refractivity contribution is 5.90. The number of carboxylic acid groups (broad SMARTS) is 1. The van der Waals surface area contributed by atoms with Gasteiger partial charge in [-0.15, -0.1) is 0 Å². The van der Waals surface area contributed by atoms with E-state index in [2.05, 4.69) is 15.0 Å². The van der Waals surface area contributed by atoms with Crippen LogP contribution in [0.5, 0.6) is 5.88 Å². The molecule has 11 nitrogen and oxygen atoms in total. The third-order valence-electron chi connectivity index (χ3n) is 7.77. The molecular weight excluding hydrogens is 650 g/mol. The zero-order valence-corrected chi connectivity index (χ0v) is 26.5. The van der Waals surface area contributed by atoms with E-state index in [0.29, 0.717) is 24.2 Å². The quantitative estimate of drug-likeness (QED) is 0.218. The van der Waals surface area contributed by atoms with Crippen molar-refractivity contribution in [2.75, 3.05) is 42.0 Å². The molecular formula is C31H34F6N6O5. The number of pyridine rings is 1. The lowest BCUT2D eigenvalue weighted by Crippen LogP contribution is -2.48. The Morgan fingerprint density at radius 3 is 2.25 bits per heavy atom. The summed E-state index contributed by atoms with van der Waals surface area (Å²) in [4.78, 5) is 42.2. The maximum Gasteiger partial charge on any atom is 0.416 e. The number of aliphatic carboxylic acids is 1. The predicted molar refractivity (Wildman–Crippen MR) is 162 cm³/mol. The van der Waals surface area contributed by atoms with Crippen LogP contribution in [-0.4, -0.2) is 65.5 Å². The van der Waals surface area contributed by atoms with Crippen molar-refractivity contribution in [3.8, 4) is 5.88 Å². The smallest absolute Gasteiger partial charge is 0.416 e. The summed E-state index contributed by atoms with van der Waals surface area (Å²) in [6.45, 7) is 3.05. The van der Waals surface area contributed by atoms with Crippen LogP contribution in [-0.2, 0) is 28.4 Å². The van der Waals surface area contributed by atoms with Gasteiger partial charge >= 0.3 is 24.4 Å². The number of hydrogen-bond acceptors (Lipinski definition) is 9. The number of rotatable bonds is 11. The van der Waals surface area contributed by atoms with Crippen molar-refractivity contribution in [3.63, 3.8) is 0 Å². The van der Waals surface area contributed by atoms with Crippen molar-refractivity contribution >= 4 is 29.5 Å². The number of ether oxygens (including phenoxy) is 2. The second-order valence-electron chi connectivity index (χ2n) is 11.0. The summed E-state index contributed by atoms with van der Waals surface area (Å²) in [6, 6.07) is 4.47. The Labute approximate surface area is 272 Å². The number of carboxylic acids is 1. The number of carbonyl (C=O) groups is 2. The Hall–Kier alpha value is -4.83. The Morgan fingerprint density at radius 2 is 1.69 bits per heavy atom. The highest BCUT2D eigenvalue weighted by atomic mass is 19.4. The van der Waals surface area contributed by atoms with E-state index in [1.54, 1.807) is 20.0 Å². The Balaban J connectivity index is 1.94. The van der Waals surface area contributed by atoms with Gasteiger partial charge in [0.05, 0.1) is 48.7 Å². The second kappa shape index (κ2) is 14.5. The Kier molecular flexibility index (Phi) is 10.9. The summed E-state index contributed by atoms with van der Waals surface area (Å²) in [7, 11) is 2.94. The minimum atomic E-state index is -5.08. The van der Waals surface area contributed by atoms with Crippen molar-refractivity contribution in [1.29, 1.82) is 0 Å². The molecule has 260 valence electrons. The normalized spacial score (nSPS) is 16.2. The molecule has 0 bridgehead atoms. The molecule has 0 aliphatic carbocycles. The van der Waals surface area contributed by atoms with Crippen molar-refractivity contribution < 1.29 is 50.5 Å². The van der Waals surface area contributed by atoms with Gasteiger partial charge in [0.1, 0.15) is 5.82 Å². The first-order valence-electron chi connectivity index (χ1n) is 14.9. The van der Waals surface area contributed by atoms with Gasteiger partial charge in [-0.3, -0.25) is 9.69 Å². The maximum absolute atomic E-state index is 13.9. The number of carbonyl (C=O) groups excluding carboxylic acids is 1. The number of fused-ring (bicyclic) bond motifs is 1. The summed E-state index contributed by atoms with van der Waals surface area (Å²) in [6.07, 6.45) is -9.20. The number of nitrogens with zero attached hydrogens (tertiary/aromatic N) is 6. The molecule has 3 aromatic rings. The number of hydrogen-bond donors (Lipinski definition) is 1. The highest BCUT2D eigenvalue weighted by Crippen LogP contribution is 2.44. The molecule has 0 fully saturated rings. The monoisotopic (exact) mass is 684 g/mol. The molecule has 0 unspecified atom stereocenters. The minimum absolute atomic E-state index is 0.0474. The predicted octanol–water partition coefficient (Wildman–Crippen LogP) is 6.72. The summed E-state index contributed by atoms with van der Waals surface area (Å²) >= 11 is 0. The molecule has 1 aliphatic rings. The molecule has 1 amide bonds. The van der Waals surface area contributed by atoms with Crippen LogP contribution < -0.4 is 19.4 Å². The first-order chi connectivity index (χ1) is 22.6. The molecule has 2 atom stereocenters. The van der Waals surface area contributed by atoms with E-state index >= 15 is 0 Å². The Morgan fingerprint density at radius 1 is 1.02 bits per heavy atom. The van der Waals surface area contributed by atoms with Crippen LogP contribution in [0.4, 0.5) is 48.6 Å². The van der Waals surface area contributed by atoms with Crippen LogP contribution in [0.15, 0.2) is 42.6 Å². The van der Waals surface area contributed by atoms with Crippen molar-refractivity contribution in [3.05, 3.63) is 65.0 Å². The SMILES string of the molecule is CCOC(=O)N1c2ccc(OC)nc2[C@@H](N(Cc2cc(C(F)(F)F)cc(C(F)(F)F)c2)c2nccc(N(C)CCC(=O)O)n2)C[C@H]1CC. The van der Waals surface area contributed by atoms with E-state index < -0.39 is 54.2 Å². The summed E-state index contributed by atoms with van der Waals surface area (Å²) in [5.74, 6) is -0.751. The number of anilines is 3. The fraction of sp³-hybridized carbons (Fsp3) is 0.452. The van der Waals surface area contributed by atoms with Crippen molar-refractivity contribution in [2.24, 2.45) is 0 Å². The average Bonchev–Trinajstić information content (AvgIpc) is 3.04. The molecule has 48 heavy (non-hydrogen) atoms. The topological polar surface area (TPSA) is 121 Å². The molecule has 0 saturated heterocycles. The third-order valence-corrected chi connectivity index (χ3v) is 7.77. The maximum atomic E-state index is 13.9. The van der Waals surface area contributed by atoms with Gasteiger partial charge in [-0.1, -0.05) is 6.92 Å². The number of alkyl halides is 6. The van der Waals surface area contributed by atoms with E-state index in [9.17, 15) is 35.9 Å². The lowest BCUT2D eigenvalue weighted by atomic mass is 9.92. The van der Waals surface area contributed by atoms with Crippen LogP contribution in [0, 0.1) is 0 Å². The first kappa shape index (κ1) is 36.0. The second-order valence-corrected chi connectivity index (χ2v) is 11.0. The van der Waals surface area contributed by atoms with E-state index in [0.717, 1.165) is 0 Å². The molecule has 0 radical (unpaired) electrons. The van der Waals surface area contributed by atoms with Gasteiger partial charge in [0, 0.05) is 38.4 Å². The standard InChI is InChI=1S/C31H34F6N6O5/c1-5-21-16-23(27-22(7-8-25(40-27)47-4)43(21)29(46)48-6-2)42(28-38-11-9-24(39-28)41(3)12-10-26(44)45)17-18-13-19(30(32,33)34)15-20(14-18)31(35,36)37/h7-9,11,13-15,21,23H,5-6,10,12,16-17H2,1-4H3,(H,44,45)/t21-,23+/m1/s1. The van der Waals surface area contributed by atoms with Crippen molar-refractivity contribution in [1.82, 2.24) is 15.0 Å². The van der Waals surface area contributed by atoms with Gasteiger partial charge in [-0.2, -0.15) is 31.3 Å². The third kappa shape index (κ3) is 8.17. The molecule has 1 aliphatic heterocycles. The van der Waals surface area contributed by atoms with Crippen LogP contribution in [0.3, 0.4) is 0 Å². The summed E-state index contributed by atoms with van der Waals surface area (Å²) < 4.78 is 93.8. The molecule has 17 heteroatoms. The lowest BCUT2D eigenvalue weighted by Gasteiger charge is -2.43. The van der Waals surface area contributed by atoms with Gasteiger partial charge < -0.3 is 24.4 Å². The van der Waals surface area contributed by atoms with E-state index in [1.807, 2.05) is 6.92 Å². The van der Waals surface area contributed by atoms with E-state index in [1.165, 1.54) is 40.1 Å². The van der Waals surface area contributed by atoms with Gasteiger partial charge in [-0.25, -0.2) is 14.8 Å². The number of halogens is 6. The van der Waals surface area contributed by atoms with E-state index in [4.69, 9.17) is 14.6 Å². The zero-order chi connectivity index (χ0) is 35.4. The van der Waals surface area contributed by atoms with Gasteiger partial charge in [0.15, 0.2) is 0 Å². The molecule has 0 saturated carbocycles. The zero-order valence-electron chi connectivity index (χ0n) is 26.5. The van der Waals surface area contributed by atoms with Gasteiger partial charge in [0.25, 0.3) is 0 Å². The number of benzene rings is 1. The van der Waals surface area contributed by atoms with Crippen LogP contribution in [0.2, 0.25) is 0 Å².